The molecule has 3 heterocycles. The summed E-state index contributed by atoms with van der Waals surface area (Å²) in [6.45, 7) is 1.79. The van der Waals surface area contributed by atoms with Crippen molar-refractivity contribution >= 4 is 46.6 Å². The lowest BCUT2D eigenvalue weighted by Gasteiger charge is -2.34. The van der Waals surface area contributed by atoms with E-state index in [0.29, 0.717) is 11.5 Å². The molecule has 0 saturated carbocycles. The average Bonchev–Trinajstić information content (AvgIpc) is 2.61. The van der Waals surface area contributed by atoms with E-state index in [2.05, 4.69) is 4.98 Å². The predicted octanol–water partition coefficient (Wildman–Crippen LogP) is 2.20. The number of carbonyl (C=O) groups is 2. The molecule has 130 valence electrons. The van der Waals surface area contributed by atoms with Crippen molar-refractivity contribution in [1.29, 1.82) is 0 Å². The second-order valence-corrected chi connectivity index (χ2v) is 5.39. The minimum atomic E-state index is -0.782. The zero-order valence-electron chi connectivity index (χ0n) is 13.5. The van der Waals surface area contributed by atoms with E-state index in [0.717, 1.165) is 11.0 Å². The first kappa shape index (κ1) is 17.0. The molecule has 2 aromatic rings. The van der Waals surface area contributed by atoms with Gasteiger partial charge in [0.25, 0.3) is 0 Å². The van der Waals surface area contributed by atoms with Crippen molar-refractivity contribution in [2.45, 2.75) is 6.92 Å². The van der Waals surface area contributed by atoms with Gasteiger partial charge in [0.15, 0.2) is 5.82 Å². The van der Waals surface area contributed by atoms with Crippen LogP contribution in [0.3, 0.4) is 0 Å². The molecule has 0 spiro atoms. The maximum atomic E-state index is 12.4. The molecule has 0 atom stereocenters. The highest BCUT2D eigenvalue weighted by Gasteiger charge is 2.37. The van der Waals surface area contributed by atoms with Crippen molar-refractivity contribution in [3.05, 3.63) is 40.4 Å². The molecule has 0 unspecified atom stereocenters. The number of hydrogen-bond donors (Lipinski definition) is 0. The highest BCUT2D eigenvalue weighted by Crippen LogP contribution is 2.47. The van der Waals surface area contributed by atoms with E-state index in [9.17, 15) is 14.4 Å². The first-order valence-corrected chi connectivity index (χ1v) is 7.96. The smallest absolute Gasteiger partial charge is 0.340 e. The fourth-order valence-corrected chi connectivity index (χ4v) is 2.78. The molecule has 1 aliphatic rings. The van der Waals surface area contributed by atoms with E-state index in [1.807, 2.05) is 0 Å². The molecule has 1 amide bonds. The number of amides is 1. The van der Waals surface area contributed by atoms with Gasteiger partial charge < -0.3 is 14.1 Å². The summed E-state index contributed by atoms with van der Waals surface area (Å²) < 4.78 is 10.3. The molecule has 0 radical (unpaired) electrons. The summed E-state index contributed by atoms with van der Waals surface area (Å²) in [6, 6.07) is 4.31. The molecule has 0 bridgehead atoms. The van der Waals surface area contributed by atoms with Crippen molar-refractivity contribution in [2.75, 3.05) is 29.3 Å². The van der Waals surface area contributed by atoms with Crippen LogP contribution in [0.15, 0.2) is 33.6 Å². The number of nitrogens with zero attached hydrogens (tertiary/aromatic N) is 3. The molecular weight excluding hydrogens is 350 g/mol. The van der Waals surface area contributed by atoms with Crippen molar-refractivity contribution in [3.63, 3.8) is 0 Å². The van der Waals surface area contributed by atoms with Gasteiger partial charge in [-0.3, -0.25) is 4.79 Å². The maximum Gasteiger partial charge on any atom is 0.340 e. The SMILES string of the molecule is CCOC(=O)c1cc(=O)oc2c1N(C)c1ncccc1N2C(=O)CCl. The lowest BCUT2D eigenvalue weighted by atomic mass is 10.1. The van der Waals surface area contributed by atoms with E-state index >= 15 is 0 Å². The molecule has 3 rings (SSSR count). The third kappa shape index (κ3) is 2.74. The lowest BCUT2D eigenvalue weighted by Crippen LogP contribution is -2.35. The van der Waals surface area contributed by atoms with Gasteiger partial charge >= 0.3 is 11.6 Å². The van der Waals surface area contributed by atoms with Crippen LogP contribution in [0.1, 0.15) is 17.3 Å². The van der Waals surface area contributed by atoms with E-state index in [1.165, 1.54) is 0 Å². The Labute approximate surface area is 147 Å². The van der Waals surface area contributed by atoms with Crippen LogP contribution in [0.4, 0.5) is 23.1 Å². The summed E-state index contributed by atoms with van der Waals surface area (Å²) >= 11 is 5.71. The predicted molar refractivity (Wildman–Crippen MR) is 91.1 cm³/mol. The topological polar surface area (TPSA) is 93.0 Å². The molecule has 2 aromatic heterocycles. The minimum Gasteiger partial charge on any atom is -0.462 e. The van der Waals surface area contributed by atoms with Gasteiger partial charge in [0.1, 0.15) is 11.6 Å². The molecule has 0 saturated heterocycles. The number of alkyl halides is 1. The molecule has 0 aromatic carbocycles. The van der Waals surface area contributed by atoms with Gasteiger partial charge in [-0.05, 0) is 19.1 Å². The van der Waals surface area contributed by atoms with Crippen molar-refractivity contribution in [2.24, 2.45) is 0 Å². The van der Waals surface area contributed by atoms with Gasteiger partial charge in [0.2, 0.25) is 11.8 Å². The molecule has 8 nitrogen and oxygen atoms in total. The quantitative estimate of drug-likeness (QED) is 0.609. The number of esters is 1. The van der Waals surface area contributed by atoms with Crippen LogP contribution >= 0.6 is 11.6 Å². The first-order chi connectivity index (χ1) is 12.0. The van der Waals surface area contributed by atoms with E-state index < -0.39 is 17.5 Å². The zero-order chi connectivity index (χ0) is 18.1. The van der Waals surface area contributed by atoms with Crippen LogP contribution in [0.2, 0.25) is 0 Å². The molecule has 0 fully saturated rings. The van der Waals surface area contributed by atoms with E-state index in [4.69, 9.17) is 20.8 Å². The monoisotopic (exact) mass is 363 g/mol. The van der Waals surface area contributed by atoms with Crippen molar-refractivity contribution < 1.29 is 18.7 Å². The largest absolute Gasteiger partial charge is 0.462 e. The standard InChI is InChI=1S/C16H14ClN3O5/c1-3-24-16(23)9-7-12(22)25-15-13(9)19(2)14-10(5-4-6-18-14)20(15)11(21)8-17/h4-7H,3,8H2,1-2H3. The van der Waals surface area contributed by atoms with Crippen LogP contribution < -0.4 is 15.4 Å². The Balaban J connectivity index is 2.32. The molecular formula is C16H14ClN3O5. The highest BCUT2D eigenvalue weighted by atomic mass is 35.5. The molecule has 9 heteroatoms. The van der Waals surface area contributed by atoms with Crippen LogP contribution in [-0.2, 0) is 9.53 Å². The fraction of sp³-hybridized carbons (Fsp3) is 0.250. The third-order valence-electron chi connectivity index (χ3n) is 3.64. The number of fused-ring (bicyclic) bond motifs is 2. The Hall–Kier alpha value is -2.87. The number of aromatic nitrogens is 1. The number of rotatable bonds is 3. The maximum absolute atomic E-state index is 12.4. The number of pyridine rings is 1. The Bertz CT molecular complexity index is 911. The van der Waals surface area contributed by atoms with Gasteiger partial charge in [0, 0.05) is 19.3 Å². The van der Waals surface area contributed by atoms with Gasteiger partial charge in [-0.1, -0.05) is 0 Å². The fourth-order valence-electron chi connectivity index (χ4n) is 2.66. The second-order valence-electron chi connectivity index (χ2n) is 5.12. The van der Waals surface area contributed by atoms with E-state index in [1.54, 1.807) is 37.2 Å². The Morgan fingerprint density at radius 2 is 2.16 bits per heavy atom. The molecule has 0 N–H and O–H groups in total. The summed E-state index contributed by atoms with van der Waals surface area (Å²) in [4.78, 5) is 43.6. The average molecular weight is 364 g/mol. The number of carbonyl (C=O) groups excluding carboxylic acids is 2. The van der Waals surface area contributed by atoms with Gasteiger partial charge in [-0.2, -0.15) is 0 Å². The zero-order valence-corrected chi connectivity index (χ0v) is 14.2. The van der Waals surface area contributed by atoms with Crippen LogP contribution in [-0.4, -0.2) is 36.4 Å². The molecule has 0 aliphatic carbocycles. The lowest BCUT2D eigenvalue weighted by molar-refractivity contribution is -0.115. The summed E-state index contributed by atoms with van der Waals surface area (Å²) in [6.07, 6.45) is 1.55. The van der Waals surface area contributed by atoms with Crippen LogP contribution in [0.5, 0.6) is 0 Å². The van der Waals surface area contributed by atoms with Crippen molar-refractivity contribution in [1.82, 2.24) is 4.98 Å². The Morgan fingerprint density at radius 3 is 2.84 bits per heavy atom. The Morgan fingerprint density at radius 1 is 1.40 bits per heavy atom. The summed E-state index contributed by atoms with van der Waals surface area (Å²) in [7, 11) is 1.65. The third-order valence-corrected chi connectivity index (χ3v) is 3.87. The van der Waals surface area contributed by atoms with Crippen molar-refractivity contribution in [3.8, 4) is 0 Å². The number of halogens is 1. The normalized spacial score (nSPS) is 12.4. The highest BCUT2D eigenvalue weighted by molar-refractivity contribution is 6.31. The first-order valence-electron chi connectivity index (χ1n) is 7.42. The van der Waals surface area contributed by atoms with Gasteiger partial charge in [-0.15, -0.1) is 11.6 Å². The van der Waals surface area contributed by atoms with Gasteiger partial charge in [-0.25, -0.2) is 19.5 Å². The minimum absolute atomic E-state index is 0.0146. The molecule has 1 aliphatic heterocycles. The van der Waals surface area contributed by atoms with Crippen LogP contribution in [0.25, 0.3) is 0 Å². The summed E-state index contributed by atoms with van der Waals surface area (Å²) in [5, 5.41) is 0. The number of anilines is 4. The van der Waals surface area contributed by atoms with Crippen LogP contribution in [0, 0.1) is 0 Å². The Kier molecular flexibility index (Phi) is 4.45. The van der Waals surface area contributed by atoms with Gasteiger partial charge in [0.05, 0.1) is 17.9 Å². The second kappa shape index (κ2) is 6.56. The number of ether oxygens (including phenoxy) is 1. The summed E-state index contributed by atoms with van der Waals surface area (Å²) in [5.41, 5.74) is -0.191. The number of hydrogen-bond acceptors (Lipinski definition) is 7. The summed E-state index contributed by atoms with van der Waals surface area (Å²) in [5.74, 6) is -1.24. The van der Waals surface area contributed by atoms with E-state index in [-0.39, 0.29) is 29.6 Å². The molecule has 25 heavy (non-hydrogen) atoms.